The van der Waals surface area contributed by atoms with Crippen molar-refractivity contribution in [2.24, 2.45) is 11.7 Å². The van der Waals surface area contributed by atoms with Crippen LogP contribution in [0.5, 0.6) is 5.75 Å². The maximum absolute atomic E-state index is 12.1. The lowest BCUT2D eigenvalue weighted by atomic mass is 9.97. The van der Waals surface area contributed by atoms with Gasteiger partial charge in [-0.2, -0.15) is 0 Å². The van der Waals surface area contributed by atoms with Crippen molar-refractivity contribution in [2.75, 3.05) is 39.3 Å². The second-order valence-corrected chi connectivity index (χ2v) is 6.34. The number of likely N-dealkylation sites (tertiary alicyclic amines) is 1. The number of aryl methyl sites for hydroxylation is 2. The highest BCUT2D eigenvalue weighted by Gasteiger charge is 2.25. The lowest BCUT2D eigenvalue weighted by Gasteiger charge is -2.31. The molecule has 0 spiro atoms. The number of nitrogens with zero attached hydrogens (tertiary/aromatic N) is 1. The zero-order valence-corrected chi connectivity index (χ0v) is 14.3. The van der Waals surface area contributed by atoms with Crippen LogP contribution in [0.2, 0.25) is 0 Å². The molecule has 3 N–H and O–H groups in total. The largest absolute Gasteiger partial charge is 0.492 e. The van der Waals surface area contributed by atoms with E-state index in [4.69, 9.17) is 10.5 Å². The summed E-state index contributed by atoms with van der Waals surface area (Å²) < 4.78 is 5.92. The molecule has 0 radical (unpaired) electrons. The van der Waals surface area contributed by atoms with Crippen molar-refractivity contribution < 1.29 is 9.53 Å². The van der Waals surface area contributed by atoms with Gasteiger partial charge in [0, 0.05) is 26.2 Å². The van der Waals surface area contributed by atoms with E-state index in [2.05, 4.69) is 42.3 Å². The van der Waals surface area contributed by atoms with E-state index in [1.165, 1.54) is 5.56 Å². The number of hydrogen-bond acceptors (Lipinski definition) is 4. The molecule has 1 unspecified atom stereocenters. The number of benzene rings is 1. The molecule has 5 nitrogen and oxygen atoms in total. The molecule has 128 valence electrons. The van der Waals surface area contributed by atoms with Gasteiger partial charge in [-0.3, -0.25) is 9.69 Å². The number of amides is 1. The number of ether oxygens (including phenoxy) is 1. The molecule has 0 saturated carbocycles. The summed E-state index contributed by atoms with van der Waals surface area (Å²) in [5, 5.41) is 2.90. The Morgan fingerprint density at radius 2 is 2.26 bits per heavy atom. The van der Waals surface area contributed by atoms with Crippen molar-refractivity contribution in [3.05, 3.63) is 29.3 Å². The molecule has 0 aromatic heterocycles. The summed E-state index contributed by atoms with van der Waals surface area (Å²) in [5.74, 6) is 1.17. The van der Waals surface area contributed by atoms with E-state index < -0.39 is 0 Å². The SMILES string of the molecule is Cc1ccc(C)c(OCCN2CCCC(C(=O)NCCN)C2)c1. The molecule has 0 bridgehead atoms. The molecule has 5 heteroatoms. The minimum atomic E-state index is 0.0796. The van der Waals surface area contributed by atoms with Crippen LogP contribution in [-0.2, 0) is 4.79 Å². The second kappa shape index (κ2) is 8.89. The smallest absolute Gasteiger partial charge is 0.224 e. The van der Waals surface area contributed by atoms with Gasteiger partial charge in [0.05, 0.1) is 5.92 Å². The number of hydrogen-bond donors (Lipinski definition) is 2. The fraction of sp³-hybridized carbons (Fsp3) is 0.611. The fourth-order valence-electron chi connectivity index (χ4n) is 2.96. The predicted octanol–water partition coefficient (Wildman–Crippen LogP) is 1.47. The highest BCUT2D eigenvalue weighted by Crippen LogP contribution is 2.20. The summed E-state index contributed by atoms with van der Waals surface area (Å²) >= 11 is 0. The van der Waals surface area contributed by atoms with Gasteiger partial charge in [0.2, 0.25) is 5.91 Å². The van der Waals surface area contributed by atoms with Gasteiger partial charge in [0.1, 0.15) is 12.4 Å². The molecule has 1 amide bonds. The van der Waals surface area contributed by atoms with Gasteiger partial charge in [-0.25, -0.2) is 0 Å². The summed E-state index contributed by atoms with van der Waals surface area (Å²) in [6, 6.07) is 6.26. The van der Waals surface area contributed by atoms with Gasteiger partial charge in [0.15, 0.2) is 0 Å². The summed E-state index contributed by atoms with van der Waals surface area (Å²) in [6.45, 7) is 8.55. The molecule has 1 aliphatic rings. The minimum absolute atomic E-state index is 0.0796. The molecule has 1 aromatic carbocycles. The Morgan fingerprint density at radius 3 is 3.04 bits per heavy atom. The van der Waals surface area contributed by atoms with E-state index in [1.54, 1.807) is 0 Å². The molecular weight excluding hydrogens is 290 g/mol. The first-order chi connectivity index (χ1) is 11.1. The second-order valence-electron chi connectivity index (χ2n) is 6.34. The van der Waals surface area contributed by atoms with Gasteiger partial charge in [0.25, 0.3) is 0 Å². The maximum atomic E-state index is 12.1. The number of piperidine rings is 1. The van der Waals surface area contributed by atoms with Gasteiger partial charge in [-0.15, -0.1) is 0 Å². The van der Waals surface area contributed by atoms with Crippen LogP contribution in [0.25, 0.3) is 0 Å². The minimum Gasteiger partial charge on any atom is -0.492 e. The third-order valence-electron chi connectivity index (χ3n) is 4.33. The van der Waals surface area contributed by atoms with Gasteiger partial charge < -0.3 is 15.8 Å². The molecule has 0 aliphatic carbocycles. The molecule has 1 saturated heterocycles. The third kappa shape index (κ3) is 5.52. The maximum Gasteiger partial charge on any atom is 0.224 e. The zero-order chi connectivity index (χ0) is 16.7. The Balaban J connectivity index is 1.77. The van der Waals surface area contributed by atoms with E-state index in [0.717, 1.165) is 43.8 Å². The zero-order valence-electron chi connectivity index (χ0n) is 14.3. The Bertz CT molecular complexity index is 519. The van der Waals surface area contributed by atoms with E-state index in [0.29, 0.717) is 19.7 Å². The molecule has 1 aromatic rings. The number of nitrogens with two attached hydrogens (primary N) is 1. The summed E-state index contributed by atoms with van der Waals surface area (Å²) in [7, 11) is 0. The van der Waals surface area contributed by atoms with Gasteiger partial charge >= 0.3 is 0 Å². The Labute approximate surface area is 139 Å². The van der Waals surface area contributed by atoms with Crippen LogP contribution in [-0.4, -0.2) is 50.1 Å². The van der Waals surface area contributed by atoms with Crippen molar-refractivity contribution in [3.8, 4) is 5.75 Å². The topological polar surface area (TPSA) is 67.6 Å². The van der Waals surface area contributed by atoms with Crippen LogP contribution < -0.4 is 15.8 Å². The first-order valence-electron chi connectivity index (χ1n) is 8.50. The molecule has 1 heterocycles. The summed E-state index contributed by atoms with van der Waals surface area (Å²) in [4.78, 5) is 14.4. The average molecular weight is 319 g/mol. The van der Waals surface area contributed by atoms with Crippen molar-refractivity contribution in [3.63, 3.8) is 0 Å². The standard InChI is InChI=1S/C18H29N3O2/c1-14-5-6-15(2)17(12-14)23-11-10-21-9-3-4-16(13-21)18(22)20-8-7-19/h5-6,12,16H,3-4,7-11,13,19H2,1-2H3,(H,20,22). The first-order valence-corrected chi connectivity index (χ1v) is 8.50. The Morgan fingerprint density at radius 1 is 1.43 bits per heavy atom. The van der Waals surface area contributed by atoms with Gasteiger partial charge in [-0.05, 0) is 50.4 Å². The van der Waals surface area contributed by atoms with Crippen LogP contribution in [0.3, 0.4) is 0 Å². The summed E-state index contributed by atoms with van der Waals surface area (Å²) in [5.41, 5.74) is 7.80. The first kappa shape index (κ1) is 17.8. The molecule has 23 heavy (non-hydrogen) atoms. The van der Waals surface area contributed by atoms with Crippen molar-refractivity contribution in [2.45, 2.75) is 26.7 Å². The molecule has 2 rings (SSSR count). The monoisotopic (exact) mass is 319 g/mol. The van der Waals surface area contributed by atoms with E-state index in [-0.39, 0.29) is 11.8 Å². The van der Waals surface area contributed by atoms with Crippen molar-refractivity contribution in [1.29, 1.82) is 0 Å². The molecule has 1 fully saturated rings. The van der Waals surface area contributed by atoms with E-state index >= 15 is 0 Å². The predicted molar refractivity (Wildman–Crippen MR) is 92.6 cm³/mol. The van der Waals surface area contributed by atoms with Crippen LogP contribution in [0.4, 0.5) is 0 Å². The third-order valence-corrected chi connectivity index (χ3v) is 4.33. The van der Waals surface area contributed by atoms with Crippen LogP contribution in [0, 0.1) is 19.8 Å². The summed E-state index contributed by atoms with van der Waals surface area (Å²) in [6.07, 6.45) is 2.02. The fourth-order valence-corrected chi connectivity index (χ4v) is 2.96. The number of carbonyl (C=O) groups excluding carboxylic acids is 1. The molecular formula is C18H29N3O2. The Kier molecular flexibility index (Phi) is 6.86. The van der Waals surface area contributed by atoms with Crippen LogP contribution in [0.15, 0.2) is 18.2 Å². The molecule has 1 aliphatic heterocycles. The Hall–Kier alpha value is -1.59. The van der Waals surface area contributed by atoms with Crippen molar-refractivity contribution >= 4 is 5.91 Å². The number of rotatable bonds is 7. The average Bonchev–Trinajstić information content (AvgIpc) is 2.56. The van der Waals surface area contributed by atoms with Gasteiger partial charge in [-0.1, -0.05) is 12.1 Å². The number of carbonyl (C=O) groups is 1. The highest BCUT2D eigenvalue weighted by atomic mass is 16.5. The van der Waals surface area contributed by atoms with E-state index in [9.17, 15) is 4.79 Å². The lowest BCUT2D eigenvalue weighted by molar-refractivity contribution is -0.126. The molecule has 1 atom stereocenters. The van der Waals surface area contributed by atoms with Crippen LogP contribution in [0.1, 0.15) is 24.0 Å². The van der Waals surface area contributed by atoms with Crippen molar-refractivity contribution in [1.82, 2.24) is 10.2 Å². The van der Waals surface area contributed by atoms with E-state index in [1.807, 2.05) is 0 Å². The van der Waals surface area contributed by atoms with Crippen LogP contribution >= 0.6 is 0 Å². The quantitative estimate of drug-likeness (QED) is 0.799. The normalized spacial score (nSPS) is 18.7. The lowest BCUT2D eigenvalue weighted by Crippen LogP contribution is -2.45. The number of nitrogens with one attached hydrogen (secondary N) is 1. The highest BCUT2D eigenvalue weighted by molar-refractivity contribution is 5.78.